The number of aliphatic hydroxyl groups is 1. The molecular weight excluding hydrogens is 172 g/mol. The van der Waals surface area contributed by atoms with E-state index in [1.54, 1.807) is 5.32 Å². The molecule has 0 aliphatic heterocycles. The first kappa shape index (κ1) is 10.2. The van der Waals surface area contributed by atoms with Crippen LogP contribution in [-0.2, 0) is 9.59 Å². The van der Waals surface area contributed by atoms with Crippen LogP contribution in [0.3, 0.4) is 0 Å². The zero-order valence-electron chi connectivity index (χ0n) is 5.44. The van der Waals surface area contributed by atoms with Crippen LogP contribution in [-0.4, -0.2) is 33.7 Å². The van der Waals surface area contributed by atoms with Gasteiger partial charge in [0.05, 0.1) is 6.54 Å². The first-order valence-electron chi connectivity index (χ1n) is 2.59. The molecule has 1 unspecified atom stereocenters. The second-order valence-electron chi connectivity index (χ2n) is 1.73. The Kier molecular flexibility index (Phi) is 3.30. The summed E-state index contributed by atoms with van der Waals surface area (Å²) in [5.74, 6) is -2.47. The summed E-state index contributed by atoms with van der Waals surface area (Å²) in [7, 11) is 0. The maximum atomic E-state index is 10.4. The monoisotopic (exact) mass is 180 g/mol. The molecule has 0 aromatic rings. The minimum Gasteiger partial charge on any atom is -0.477 e. The van der Waals surface area contributed by atoms with Crippen molar-refractivity contribution in [1.29, 1.82) is 0 Å². The van der Waals surface area contributed by atoms with Crippen LogP contribution in [0.5, 0.6) is 0 Å². The van der Waals surface area contributed by atoms with E-state index in [4.69, 9.17) is 15.9 Å². The van der Waals surface area contributed by atoms with Crippen LogP contribution >= 0.6 is 12.6 Å². The first-order valence-corrected chi connectivity index (χ1v) is 3.04. The van der Waals surface area contributed by atoms with Crippen LogP contribution in [0.4, 0.5) is 0 Å². The van der Waals surface area contributed by atoms with Crippen LogP contribution in [0.1, 0.15) is 0 Å². The second-order valence-corrected chi connectivity index (χ2v) is 2.38. The van der Waals surface area contributed by atoms with Crippen molar-refractivity contribution < 1.29 is 19.8 Å². The Balaban J connectivity index is 4.12. The summed E-state index contributed by atoms with van der Waals surface area (Å²) in [6.45, 7) is -0.407. The number of nitrogens with two attached hydrogens (primary N) is 1. The molecule has 5 N–H and O–H groups in total. The number of carboxylic acid groups (broad SMARTS) is 1. The van der Waals surface area contributed by atoms with E-state index in [9.17, 15) is 9.59 Å². The average molecular weight is 180 g/mol. The van der Waals surface area contributed by atoms with Crippen LogP contribution in [0, 0.1) is 0 Å². The van der Waals surface area contributed by atoms with E-state index in [1.807, 2.05) is 0 Å². The zero-order valence-corrected chi connectivity index (χ0v) is 6.34. The van der Waals surface area contributed by atoms with Gasteiger partial charge in [-0.2, -0.15) is 0 Å². The zero-order chi connectivity index (χ0) is 9.07. The van der Waals surface area contributed by atoms with Crippen molar-refractivity contribution in [2.24, 2.45) is 5.73 Å². The minimum absolute atomic E-state index is 0.407. The normalized spacial score (nSPS) is 15.2. The lowest BCUT2D eigenvalue weighted by molar-refractivity contribution is -0.154. The topological polar surface area (TPSA) is 113 Å². The van der Waals surface area contributed by atoms with Gasteiger partial charge >= 0.3 is 5.97 Å². The van der Waals surface area contributed by atoms with Crippen molar-refractivity contribution in [1.82, 2.24) is 5.32 Å². The number of amides is 1. The molecule has 0 radical (unpaired) electrons. The molecule has 7 heteroatoms. The fraction of sp³-hybridized carbons (Fsp3) is 0.500. The first-order chi connectivity index (χ1) is 4.90. The fourth-order valence-corrected chi connectivity index (χ4v) is 0.424. The van der Waals surface area contributed by atoms with E-state index in [0.29, 0.717) is 0 Å². The number of nitrogens with one attached hydrogen (secondary N) is 1. The number of carbonyl (C=O) groups is 2. The third-order valence-corrected chi connectivity index (χ3v) is 1.10. The number of hydrogen-bond acceptors (Lipinski definition) is 5. The Bertz CT molecular complexity index is 181. The highest BCUT2D eigenvalue weighted by molar-refractivity contribution is 7.82. The predicted molar refractivity (Wildman–Crippen MR) is 38.8 cm³/mol. The van der Waals surface area contributed by atoms with Crippen molar-refractivity contribution in [2.45, 2.75) is 5.06 Å². The van der Waals surface area contributed by atoms with Gasteiger partial charge in [-0.3, -0.25) is 4.79 Å². The quantitative estimate of drug-likeness (QED) is 0.248. The van der Waals surface area contributed by atoms with E-state index in [0.717, 1.165) is 0 Å². The molecule has 6 nitrogen and oxygen atoms in total. The molecule has 0 heterocycles. The number of hydrogen-bond donors (Lipinski definition) is 5. The molecule has 0 saturated carbocycles. The van der Waals surface area contributed by atoms with E-state index >= 15 is 0 Å². The van der Waals surface area contributed by atoms with E-state index in [1.165, 1.54) is 0 Å². The smallest absolute Gasteiger partial charge is 0.368 e. The van der Waals surface area contributed by atoms with Gasteiger partial charge in [0.2, 0.25) is 5.91 Å². The van der Waals surface area contributed by atoms with Gasteiger partial charge < -0.3 is 21.3 Å². The molecule has 0 bridgehead atoms. The van der Waals surface area contributed by atoms with Crippen molar-refractivity contribution in [3.05, 3.63) is 0 Å². The highest BCUT2D eigenvalue weighted by atomic mass is 32.1. The average Bonchev–Trinajstić information content (AvgIpc) is 1.86. The highest BCUT2D eigenvalue weighted by Crippen LogP contribution is 2.04. The summed E-state index contributed by atoms with van der Waals surface area (Å²) < 4.78 is 0. The molecule has 0 aliphatic rings. The molecular formula is C4H8N2O4S. The summed E-state index contributed by atoms with van der Waals surface area (Å²) >= 11 is 3.24. The van der Waals surface area contributed by atoms with E-state index in [2.05, 4.69) is 12.6 Å². The molecule has 0 aliphatic carbocycles. The Labute approximate surface area is 67.8 Å². The Morgan fingerprint density at radius 3 is 2.36 bits per heavy atom. The van der Waals surface area contributed by atoms with Gasteiger partial charge in [0, 0.05) is 0 Å². The number of aliphatic carboxylic acids is 1. The molecule has 1 atom stereocenters. The van der Waals surface area contributed by atoms with Crippen molar-refractivity contribution >= 4 is 24.5 Å². The molecule has 11 heavy (non-hydrogen) atoms. The van der Waals surface area contributed by atoms with Crippen molar-refractivity contribution in [3.63, 3.8) is 0 Å². The Morgan fingerprint density at radius 2 is 2.09 bits per heavy atom. The lowest BCUT2D eigenvalue weighted by Gasteiger charge is -2.17. The van der Waals surface area contributed by atoms with Crippen LogP contribution in [0.25, 0.3) is 0 Å². The maximum Gasteiger partial charge on any atom is 0.368 e. The molecule has 0 rings (SSSR count). The molecule has 0 aromatic heterocycles. The number of thiol groups is 1. The van der Waals surface area contributed by atoms with Crippen LogP contribution < -0.4 is 11.1 Å². The third-order valence-electron chi connectivity index (χ3n) is 0.797. The number of carboxylic acids is 1. The summed E-state index contributed by atoms with van der Waals surface area (Å²) in [5.41, 5.74) is 4.83. The minimum atomic E-state index is -2.55. The van der Waals surface area contributed by atoms with Crippen LogP contribution in [0.2, 0.25) is 0 Å². The lowest BCUT2D eigenvalue weighted by Crippen LogP contribution is -2.51. The summed E-state index contributed by atoms with van der Waals surface area (Å²) in [6.07, 6.45) is 0. The van der Waals surface area contributed by atoms with Gasteiger partial charge in [-0.25, -0.2) is 4.79 Å². The lowest BCUT2D eigenvalue weighted by atomic mass is 10.5. The molecule has 0 aromatic carbocycles. The molecule has 0 fully saturated rings. The van der Waals surface area contributed by atoms with Crippen molar-refractivity contribution in [3.8, 4) is 0 Å². The number of rotatable bonds is 3. The summed E-state index contributed by atoms with van der Waals surface area (Å²) in [6, 6.07) is 0. The largest absolute Gasteiger partial charge is 0.477 e. The second kappa shape index (κ2) is 3.56. The summed E-state index contributed by atoms with van der Waals surface area (Å²) in [5, 5.41) is 16.1. The number of carbonyl (C=O) groups excluding carboxylic acids is 1. The van der Waals surface area contributed by atoms with Gasteiger partial charge in [0.25, 0.3) is 5.06 Å². The van der Waals surface area contributed by atoms with E-state index in [-0.39, 0.29) is 0 Å². The fourth-order valence-electron chi connectivity index (χ4n) is 0.299. The molecule has 64 valence electrons. The van der Waals surface area contributed by atoms with Crippen LogP contribution in [0.15, 0.2) is 0 Å². The third kappa shape index (κ3) is 3.21. The summed E-state index contributed by atoms with van der Waals surface area (Å²) in [4.78, 5) is 20.5. The van der Waals surface area contributed by atoms with Gasteiger partial charge in [-0.15, -0.1) is 12.6 Å². The van der Waals surface area contributed by atoms with Gasteiger partial charge in [0.1, 0.15) is 0 Å². The molecule has 0 saturated heterocycles. The predicted octanol–water partition coefficient (Wildman–Crippen LogP) is -2.28. The molecule has 1 amide bonds. The SMILES string of the molecule is NCC(=O)NC(O)(S)C(=O)O. The Hall–Kier alpha value is -0.790. The highest BCUT2D eigenvalue weighted by Gasteiger charge is 2.32. The van der Waals surface area contributed by atoms with Gasteiger partial charge in [-0.05, 0) is 0 Å². The van der Waals surface area contributed by atoms with Gasteiger partial charge in [-0.1, -0.05) is 0 Å². The maximum absolute atomic E-state index is 10.4. The molecule has 0 spiro atoms. The van der Waals surface area contributed by atoms with E-state index < -0.39 is 23.5 Å². The van der Waals surface area contributed by atoms with Crippen molar-refractivity contribution in [2.75, 3.05) is 6.54 Å². The standard InChI is InChI=1S/C4H8N2O4S/c5-1-2(7)6-4(10,11)3(8)9/h10-11H,1,5H2,(H,6,7)(H,8,9). The van der Waals surface area contributed by atoms with Gasteiger partial charge in [0.15, 0.2) is 0 Å². The Morgan fingerprint density at radius 1 is 1.64 bits per heavy atom.